The van der Waals surface area contributed by atoms with E-state index < -0.39 is 0 Å². The lowest BCUT2D eigenvalue weighted by Crippen LogP contribution is -2.27. The maximum Gasteiger partial charge on any atom is 0.225 e. The maximum atomic E-state index is 11.1. The summed E-state index contributed by atoms with van der Waals surface area (Å²) in [5, 5.41) is 9.44. The standard InChI is InChI=1S/C19H25N5O/c1-12(25)20-14-7-9-15(10-8-14)21-17-11-16(13-5-6-13)22-18(23-17)24-19(2,3)4/h7-11,13H,5-6H2,1-4H3,(H,20,25)(H2,21,22,23,24). The van der Waals surface area contributed by atoms with Crippen LogP contribution in [0, 0.1) is 0 Å². The quantitative estimate of drug-likeness (QED) is 0.758. The molecule has 1 aliphatic rings. The number of carbonyl (C=O) groups excluding carboxylic acids is 1. The highest BCUT2D eigenvalue weighted by molar-refractivity contribution is 5.88. The van der Waals surface area contributed by atoms with Crippen LogP contribution in [0.3, 0.4) is 0 Å². The first kappa shape index (κ1) is 17.2. The van der Waals surface area contributed by atoms with Crippen LogP contribution in [-0.4, -0.2) is 21.4 Å². The van der Waals surface area contributed by atoms with Gasteiger partial charge in [-0.1, -0.05) is 0 Å². The summed E-state index contributed by atoms with van der Waals surface area (Å²) in [5.41, 5.74) is 2.67. The molecule has 3 N–H and O–H groups in total. The van der Waals surface area contributed by atoms with Crippen molar-refractivity contribution in [2.24, 2.45) is 0 Å². The van der Waals surface area contributed by atoms with E-state index in [1.165, 1.54) is 19.8 Å². The third-order valence-corrected chi connectivity index (χ3v) is 3.71. The Morgan fingerprint density at radius 1 is 1.08 bits per heavy atom. The van der Waals surface area contributed by atoms with Gasteiger partial charge in [0, 0.05) is 35.8 Å². The van der Waals surface area contributed by atoms with Crippen molar-refractivity contribution in [1.29, 1.82) is 0 Å². The van der Waals surface area contributed by atoms with E-state index in [2.05, 4.69) is 46.7 Å². The van der Waals surface area contributed by atoms with E-state index in [1.807, 2.05) is 30.3 Å². The second kappa shape index (κ2) is 6.70. The summed E-state index contributed by atoms with van der Waals surface area (Å²) in [6.45, 7) is 7.77. The molecule has 1 aliphatic carbocycles. The zero-order chi connectivity index (χ0) is 18.0. The third kappa shape index (κ3) is 5.17. The van der Waals surface area contributed by atoms with Gasteiger partial charge >= 0.3 is 0 Å². The first-order valence-corrected chi connectivity index (χ1v) is 8.60. The van der Waals surface area contributed by atoms with Gasteiger partial charge in [-0.05, 0) is 57.9 Å². The second-order valence-electron chi connectivity index (χ2n) is 7.53. The Labute approximate surface area is 148 Å². The largest absolute Gasteiger partial charge is 0.350 e. The Kier molecular flexibility index (Phi) is 4.61. The van der Waals surface area contributed by atoms with Gasteiger partial charge in [-0.25, -0.2) is 4.98 Å². The van der Waals surface area contributed by atoms with Gasteiger partial charge in [0.2, 0.25) is 11.9 Å². The molecule has 2 aromatic rings. The molecule has 0 radical (unpaired) electrons. The molecule has 132 valence electrons. The summed E-state index contributed by atoms with van der Waals surface area (Å²) in [4.78, 5) is 20.3. The predicted molar refractivity (Wildman–Crippen MR) is 101 cm³/mol. The highest BCUT2D eigenvalue weighted by atomic mass is 16.1. The number of hydrogen-bond acceptors (Lipinski definition) is 5. The molecule has 1 amide bonds. The zero-order valence-electron chi connectivity index (χ0n) is 15.2. The summed E-state index contributed by atoms with van der Waals surface area (Å²) >= 11 is 0. The van der Waals surface area contributed by atoms with E-state index in [4.69, 9.17) is 0 Å². The summed E-state index contributed by atoms with van der Waals surface area (Å²) in [6.07, 6.45) is 2.38. The fourth-order valence-corrected chi connectivity index (χ4v) is 2.50. The predicted octanol–water partition coefficient (Wildman–Crippen LogP) is 4.27. The SMILES string of the molecule is CC(=O)Nc1ccc(Nc2cc(C3CC3)nc(NC(C)(C)C)n2)cc1. The minimum Gasteiger partial charge on any atom is -0.350 e. The Bertz CT molecular complexity index is 760. The molecule has 3 rings (SSSR count). The fourth-order valence-electron chi connectivity index (χ4n) is 2.50. The van der Waals surface area contributed by atoms with Crippen LogP contribution in [0.4, 0.5) is 23.1 Å². The van der Waals surface area contributed by atoms with Crippen molar-refractivity contribution in [3.8, 4) is 0 Å². The number of hydrogen-bond donors (Lipinski definition) is 3. The molecule has 0 spiro atoms. The lowest BCUT2D eigenvalue weighted by Gasteiger charge is -2.21. The van der Waals surface area contributed by atoms with Gasteiger partial charge in [0.25, 0.3) is 0 Å². The summed E-state index contributed by atoms with van der Waals surface area (Å²) in [6, 6.07) is 9.58. The van der Waals surface area contributed by atoms with E-state index in [0.29, 0.717) is 11.9 Å². The normalized spacial score (nSPS) is 14.1. The number of benzene rings is 1. The molecule has 6 heteroatoms. The van der Waals surface area contributed by atoms with Crippen molar-refractivity contribution in [2.75, 3.05) is 16.0 Å². The van der Waals surface area contributed by atoms with Crippen molar-refractivity contribution in [3.63, 3.8) is 0 Å². The highest BCUT2D eigenvalue weighted by Crippen LogP contribution is 2.40. The molecule has 0 bridgehead atoms. The van der Waals surface area contributed by atoms with Crippen molar-refractivity contribution >= 4 is 29.0 Å². The number of aromatic nitrogens is 2. The van der Waals surface area contributed by atoms with E-state index in [-0.39, 0.29) is 11.4 Å². The number of nitrogens with zero attached hydrogens (tertiary/aromatic N) is 2. The van der Waals surface area contributed by atoms with Crippen molar-refractivity contribution in [3.05, 3.63) is 36.0 Å². The molecule has 1 heterocycles. The Hall–Kier alpha value is -2.63. The maximum absolute atomic E-state index is 11.1. The van der Waals surface area contributed by atoms with Gasteiger partial charge in [-0.15, -0.1) is 0 Å². The molecule has 1 aromatic heterocycles. The molecule has 1 aromatic carbocycles. The molecule has 25 heavy (non-hydrogen) atoms. The molecule has 0 saturated heterocycles. The van der Waals surface area contributed by atoms with Crippen LogP contribution in [-0.2, 0) is 4.79 Å². The minimum atomic E-state index is -0.0978. The molecule has 1 fully saturated rings. The summed E-state index contributed by atoms with van der Waals surface area (Å²) in [7, 11) is 0. The molecular formula is C19H25N5O. The van der Waals surface area contributed by atoms with Gasteiger partial charge in [-0.2, -0.15) is 4.98 Å². The zero-order valence-corrected chi connectivity index (χ0v) is 15.2. The topological polar surface area (TPSA) is 78.9 Å². The Balaban J connectivity index is 1.79. The third-order valence-electron chi connectivity index (χ3n) is 3.71. The van der Waals surface area contributed by atoms with Crippen LogP contribution in [0.2, 0.25) is 0 Å². The summed E-state index contributed by atoms with van der Waals surface area (Å²) < 4.78 is 0. The number of anilines is 4. The first-order valence-electron chi connectivity index (χ1n) is 8.60. The molecule has 1 saturated carbocycles. The van der Waals surface area contributed by atoms with Gasteiger partial charge in [0.1, 0.15) is 5.82 Å². The van der Waals surface area contributed by atoms with Crippen LogP contribution in [0.25, 0.3) is 0 Å². The summed E-state index contributed by atoms with van der Waals surface area (Å²) in [5.74, 6) is 1.89. The molecule has 0 atom stereocenters. The minimum absolute atomic E-state index is 0.0801. The number of amides is 1. The van der Waals surface area contributed by atoms with Gasteiger partial charge in [0.15, 0.2) is 0 Å². The van der Waals surface area contributed by atoms with E-state index >= 15 is 0 Å². The van der Waals surface area contributed by atoms with Gasteiger partial charge in [-0.3, -0.25) is 4.79 Å². The number of rotatable bonds is 5. The monoisotopic (exact) mass is 339 g/mol. The van der Waals surface area contributed by atoms with Crippen LogP contribution >= 0.6 is 0 Å². The number of carbonyl (C=O) groups is 1. The van der Waals surface area contributed by atoms with Crippen LogP contribution < -0.4 is 16.0 Å². The molecule has 6 nitrogen and oxygen atoms in total. The van der Waals surface area contributed by atoms with Gasteiger partial charge < -0.3 is 16.0 Å². The van der Waals surface area contributed by atoms with Crippen LogP contribution in [0.1, 0.15) is 52.1 Å². The van der Waals surface area contributed by atoms with E-state index in [0.717, 1.165) is 22.9 Å². The Morgan fingerprint density at radius 3 is 2.28 bits per heavy atom. The smallest absolute Gasteiger partial charge is 0.225 e. The van der Waals surface area contributed by atoms with Crippen LogP contribution in [0.5, 0.6) is 0 Å². The molecule has 0 aliphatic heterocycles. The number of nitrogens with one attached hydrogen (secondary N) is 3. The van der Waals surface area contributed by atoms with Crippen molar-refractivity contribution in [2.45, 2.75) is 52.0 Å². The van der Waals surface area contributed by atoms with Crippen molar-refractivity contribution < 1.29 is 4.79 Å². The first-order chi connectivity index (χ1) is 11.8. The fraction of sp³-hybridized carbons (Fsp3) is 0.421. The lowest BCUT2D eigenvalue weighted by atomic mass is 10.1. The molecular weight excluding hydrogens is 314 g/mol. The second-order valence-corrected chi connectivity index (χ2v) is 7.53. The van der Waals surface area contributed by atoms with Crippen molar-refractivity contribution in [1.82, 2.24) is 9.97 Å². The van der Waals surface area contributed by atoms with Gasteiger partial charge in [0.05, 0.1) is 5.69 Å². The Morgan fingerprint density at radius 2 is 1.72 bits per heavy atom. The average Bonchev–Trinajstić information content (AvgIpc) is 3.31. The lowest BCUT2D eigenvalue weighted by molar-refractivity contribution is -0.114. The molecule has 0 unspecified atom stereocenters. The average molecular weight is 339 g/mol. The van der Waals surface area contributed by atoms with Crippen LogP contribution in [0.15, 0.2) is 30.3 Å². The highest BCUT2D eigenvalue weighted by Gasteiger charge is 2.26. The van der Waals surface area contributed by atoms with E-state index in [1.54, 1.807) is 0 Å². The van der Waals surface area contributed by atoms with E-state index in [9.17, 15) is 4.79 Å².